The largest absolute Gasteiger partial charge is 0.550 e. The predicted molar refractivity (Wildman–Crippen MR) is 181 cm³/mol. The van der Waals surface area contributed by atoms with Gasteiger partial charge in [0.2, 0.25) is 0 Å². The summed E-state index contributed by atoms with van der Waals surface area (Å²) in [6, 6.07) is -1.46. The number of quaternary nitrogens is 2. The zero-order valence-corrected chi connectivity index (χ0v) is 30.4. The Bertz CT molecular complexity index is 504. The van der Waals surface area contributed by atoms with Gasteiger partial charge in [-0.2, -0.15) is 0 Å². The van der Waals surface area contributed by atoms with E-state index < -0.39 is 24.4 Å². The van der Waals surface area contributed by atoms with Gasteiger partial charge in [0.15, 0.2) is 0 Å². The van der Waals surface area contributed by atoms with Crippen molar-refractivity contribution in [2.75, 3.05) is 52.4 Å². The summed E-state index contributed by atoms with van der Waals surface area (Å²) in [5, 5.41) is 19.3. The lowest BCUT2D eigenvalue weighted by atomic mass is 10.1. The maximum absolute atomic E-state index is 9.71. The Morgan fingerprint density at radius 1 is 0.465 bits per heavy atom. The Balaban J connectivity index is -0.000000586. The number of carboxylic acid groups (broad SMARTS) is 2. The number of carbonyl (C=O) groups is 2. The number of carbonyl (C=O) groups excluding carboxylic acids is 2. The fourth-order valence-electron chi connectivity index (χ4n) is 5.55. The molecule has 7 heteroatoms. The van der Waals surface area contributed by atoms with Crippen LogP contribution in [0.5, 0.6) is 0 Å². The van der Waals surface area contributed by atoms with Crippen LogP contribution in [0.25, 0.3) is 0 Å². The molecule has 0 spiro atoms. The third-order valence-electron chi connectivity index (χ3n) is 8.58. The van der Waals surface area contributed by atoms with Crippen LogP contribution in [0.15, 0.2) is 0 Å². The topological polar surface area (TPSA) is 106 Å². The molecule has 0 aromatic heterocycles. The standard InChI is InChI=1S/2C16H36N.C4H7NO4/c2*1-5-9-13-17(14-10-6-2,15-11-7-3)16-12-8-4;5-2(4(8)9)1-3(6)7/h2*5-16H2,1-4H3;2H,1,5H2,(H,6,7)(H,8,9)/q2*+1;/p-2. The molecule has 0 aliphatic rings. The molecule has 260 valence electrons. The first-order valence-corrected chi connectivity index (χ1v) is 18.4. The zero-order valence-electron chi connectivity index (χ0n) is 30.4. The Labute approximate surface area is 269 Å². The number of carboxylic acids is 2. The quantitative estimate of drug-likeness (QED) is 0.111. The second-order valence-corrected chi connectivity index (χ2v) is 12.8. The molecule has 0 heterocycles. The van der Waals surface area contributed by atoms with E-state index in [-0.39, 0.29) is 0 Å². The minimum atomic E-state index is -1.58. The highest BCUT2D eigenvalue weighted by atomic mass is 16.4. The summed E-state index contributed by atoms with van der Waals surface area (Å²) < 4.78 is 2.84. The third-order valence-corrected chi connectivity index (χ3v) is 8.58. The van der Waals surface area contributed by atoms with Crippen molar-refractivity contribution in [3.05, 3.63) is 0 Å². The number of unbranched alkanes of at least 4 members (excludes halogenated alkanes) is 8. The SMILES string of the molecule is CCCC[N+](CCCC)(CCCC)CCCC.CCCC[N+](CCCC)(CCCC)CCCC.NC(CC(=O)[O-])C(=O)[O-]. The average Bonchev–Trinajstić information content (AvgIpc) is 3.00. The molecule has 0 saturated carbocycles. The fourth-order valence-corrected chi connectivity index (χ4v) is 5.55. The lowest BCUT2D eigenvalue weighted by Crippen LogP contribution is -2.50. The van der Waals surface area contributed by atoms with Gasteiger partial charge in [-0.25, -0.2) is 0 Å². The Morgan fingerprint density at radius 3 is 0.744 bits per heavy atom. The molecule has 7 nitrogen and oxygen atoms in total. The molecule has 0 aromatic rings. The van der Waals surface area contributed by atoms with Gasteiger partial charge in [0.25, 0.3) is 0 Å². The van der Waals surface area contributed by atoms with Crippen LogP contribution >= 0.6 is 0 Å². The van der Waals surface area contributed by atoms with Crippen molar-refractivity contribution < 1.29 is 28.8 Å². The molecule has 0 saturated heterocycles. The number of nitrogens with zero attached hydrogens (tertiary/aromatic N) is 2. The molecular formula is C36H77N3O4. The van der Waals surface area contributed by atoms with Crippen molar-refractivity contribution in [3.63, 3.8) is 0 Å². The zero-order chi connectivity index (χ0) is 33.4. The maximum Gasteiger partial charge on any atom is 0.0786 e. The number of aliphatic carboxylic acids is 2. The van der Waals surface area contributed by atoms with Crippen LogP contribution in [0, 0.1) is 0 Å². The molecule has 2 N–H and O–H groups in total. The van der Waals surface area contributed by atoms with Crippen LogP contribution in [0.3, 0.4) is 0 Å². The van der Waals surface area contributed by atoms with Gasteiger partial charge < -0.3 is 34.5 Å². The molecular weight excluding hydrogens is 538 g/mol. The summed E-state index contributed by atoms with van der Waals surface area (Å²) in [6.07, 6.45) is 21.4. The van der Waals surface area contributed by atoms with E-state index in [2.05, 4.69) is 55.4 Å². The van der Waals surface area contributed by atoms with Crippen molar-refractivity contribution >= 4 is 11.9 Å². The first-order chi connectivity index (χ1) is 20.5. The van der Waals surface area contributed by atoms with E-state index >= 15 is 0 Å². The minimum absolute atomic E-state index is 0.706. The van der Waals surface area contributed by atoms with Gasteiger partial charge in [-0.05, 0) is 51.4 Å². The van der Waals surface area contributed by atoms with E-state index in [1.165, 1.54) is 164 Å². The highest BCUT2D eigenvalue weighted by molar-refractivity contribution is 5.77. The van der Waals surface area contributed by atoms with Gasteiger partial charge >= 0.3 is 0 Å². The van der Waals surface area contributed by atoms with Crippen LogP contribution in [0.1, 0.15) is 165 Å². The van der Waals surface area contributed by atoms with Crippen molar-refractivity contribution in [2.45, 2.75) is 171 Å². The highest BCUT2D eigenvalue weighted by Crippen LogP contribution is 2.17. The molecule has 1 atom stereocenters. The van der Waals surface area contributed by atoms with E-state index in [4.69, 9.17) is 5.73 Å². The number of hydrogen-bond donors (Lipinski definition) is 1. The van der Waals surface area contributed by atoms with E-state index in [1.807, 2.05) is 0 Å². The Hall–Kier alpha value is -1.18. The van der Waals surface area contributed by atoms with E-state index in [0.29, 0.717) is 0 Å². The van der Waals surface area contributed by atoms with Gasteiger partial charge in [-0.15, -0.1) is 0 Å². The molecule has 0 radical (unpaired) electrons. The molecule has 43 heavy (non-hydrogen) atoms. The van der Waals surface area contributed by atoms with Crippen LogP contribution in [0.2, 0.25) is 0 Å². The highest BCUT2D eigenvalue weighted by Gasteiger charge is 2.25. The summed E-state index contributed by atoms with van der Waals surface area (Å²) >= 11 is 0. The number of hydrogen-bond acceptors (Lipinski definition) is 5. The monoisotopic (exact) mass is 616 g/mol. The molecule has 1 unspecified atom stereocenters. The molecule has 0 bridgehead atoms. The molecule has 0 rings (SSSR count). The minimum Gasteiger partial charge on any atom is -0.550 e. The normalized spacial score (nSPS) is 12.1. The van der Waals surface area contributed by atoms with E-state index in [1.54, 1.807) is 0 Å². The summed E-state index contributed by atoms with van der Waals surface area (Å²) in [7, 11) is 0. The van der Waals surface area contributed by atoms with E-state index in [9.17, 15) is 19.8 Å². The summed E-state index contributed by atoms with van der Waals surface area (Å²) in [4.78, 5) is 19.3. The van der Waals surface area contributed by atoms with Crippen molar-refractivity contribution in [1.82, 2.24) is 0 Å². The number of nitrogens with two attached hydrogens (primary N) is 1. The third kappa shape index (κ3) is 28.1. The average molecular weight is 616 g/mol. The van der Waals surface area contributed by atoms with Crippen molar-refractivity contribution in [1.29, 1.82) is 0 Å². The maximum atomic E-state index is 9.71. The predicted octanol–water partition coefficient (Wildman–Crippen LogP) is 6.21. The van der Waals surface area contributed by atoms with Crippen LogP contribution in [0.4, 0.5) is 0 Å². The molecule has 0 amide bonds. The molecule has 0 aromatic carbocycles. The lowest BCUT2D eigenvalue weighted by Gasteiger charge is -2.39. The number of rotatable bonds is 27. The van der Waals surface area contributed by atoms with Crippen molar-refractivity contribution in [3.8, 4) is 0 Å². The van der Waals surface area contributed by atoms with Crippen LogP contribution in [-0.2, 0) is 9.59 Å². The van der Waals surface area contributed by atoms with Gasteiger partial charge in [-0.1, -0.05) is 107 Å². The molecule has 0 aliphatic carbocycles. The van der Waals surface area contributed by atoms with E-state index in [0.717, 1.165) is 0 Å². The second kappa shape index (κ2) is 32.2. The van der Waals surface area contributed by atoms with Gasteiger partial charge in [0.1, 0.15) is 0 Å². The fraction of sp³-hybridized carbons (Fsp3) is 0.944. The first-order valence-electron chi connectivity index (χ1n) is 18.4. The molecule has 0 fully saturated rings. The molecule has 0 aliphatic heterocycles. The lowest BCUT2D eigenvalue weighted by molar-refractivity contribution is -0.929. The smallest absolute Gasteiger partial charge is 0.0786 e. The summed E-state index contributed by atoms with van der Waals surface area (Å²) in [5.74, 6) is -3.08. The van der Waals surface area contributed by atoms with Gasteiger partial charge in [0.05, 0.1) is 58.3 Å². The van der Waals surface area contributed by atoms with Crippen LogP contribution < -0.4 is 15.9 Å². The van der Waals surface area contributed by atoms with Gasteiger partial charge in [-0.3, -0.25) is 0 Å². The summed E-state index contributed by atoms with van der Waals surface area (Å²) in [6.45, 7) is 30.0. The Kier molecular flexibility index (Phi) is 34.6. The Morgan fingerprint density at radius 2 is 0.651 bits per heavy atom. The summed E-state index contributed by atoms with van der Waals surface area (Å²) in [5.41, 5.74) is 4.73. The second-order valence-electron chi connectivity index (χ2n) is 12.8. The van der Waals surface area contributed by atoms with Gasteiger partial charge in [0, 0.05) is 18.4 Å². The van der Waals surface area contributed by atoms with Crippen LogP contribution in [-0.4, -0.2) is 79.3 Å². The first kappa shape index (κ1) is 46.2. The van der Waals surface area contributed by atoms with Crippen molar-refractivity contribution in [2.24, 2.45) is 5.73 Å².